The van der Waals surface area contributed by atoms with E-state index in [1.165, 1.54) is 71.3 Å². The highest BCUT2D eigenvalue weighted by Gasteiger charge is 2.23. The fraction of sp³-hybridized carbons (Fsp3) is 0. The molecule has 0 atom stereocenters. The van der Waals surface area contributed by atoms with E-state index in [1.54, 1.807) is 0 Å². The Labute approximate surface area is 359 Å². The Kier molecular flexibility index (Phi) is 9.05. The van der Waals surface area contributed by atoms with Crippen LogP contribution in [0.1, 0.15) is 0 Å². The molecule has 0 unspecified atom stereocenters. The van der Waals surface area contributed by atoms with Gasteiger partial charge in [-0.15, -0.1) is 32.8 Å². The Morgan fingerprint density at radius 2 is 0.850 bits per heavy atom. The van der Waals surface area contributed by atoms with E-state index >= 15 is 0 Å². The summed E-state index contributed by atoms with van der Waals surface area (Å²) in [5.41, 5.74) is 25.8. The number of benzene rings is 7. The van der Waals surface area contributed by atoms with Crippen LogP contribution in [0.2, 0.25) is 0 Å². The van der Waals surface area contributed by atoms with Crippen molar-refractivity contribution in [1.29, 1.82) is 0 Å². The zero-order valence-corrected chi connectivity index (χ0v) is 36.1. The number of fused-ring (bicyclic) bond motifs is 6. The quantitative estimate of drug-likeness (QED) is 0.166. The van der Waals surface area contributed by atoms with Crippen LogP contribution in [0.25, 0.3) is 100 Å². The molecule has 10 rings (SSSR count). The van der Waals surface area contributed by atoms with E-state index in [9.17, 15) is 0 Å². The molecule has 0 bridgehead atoms. The van der Waals surface area contributed by atoms with E-state index in [0.29, 0.717) is 0 Å². The lowest BCUT2D eigenvalue weighted by molar-refractivity contribution is 0.669. The summed E-state index contributed by atoms with van der Waals surface area (Å²) in [6.45, 7) is 0. The third-order valence-corrected chi connectivity index (χ3v) is 13.9. The maximum Gasteiger partial charge on any atom is 0.159 e. The minimum absolute atomic E-state index is 0.749. The first-order valence-corrected chi connectivity index (χ1v) is 20.9. The van der Waals surface area contributed by atoms with Gasteiger partial charge in [0.1, 0.15) is 101 Å². The van der Waals surface area contributed by atoms with Crippen molar-refractivity contribution in [2.45, 2.75) is 0 Å². The molecule has 10 aromatic rings. The van der Waals surface area contributed by atoms with Gasteiger partial charge < -0.3 is 8.83 Å². The van der Waals surface area contributed by atoms with E-state index < -0.39 is 0 Å². The van der Waals surface area contributed by atoms with Crippen LogP contribution >= 0.6 is 0 Å². The third kappa shape index (κ3) is 5.82. The van der Waals surface area contributed by atoms with E-state index in [1.807, 2.05) is 0 Å². The summed E-state index contributed by atoms with van der Waals surface area (Å²) in [7, 11) is 22.2. The van der Waals surface area contributed by atoms with Crippen molar-refractivity contribution in [3.05, 3.63) is 109 Å². The first-order chi connectivity index (χ1) is 28.9. The summed E-state index contributed by atoms with van der Waals surface area (Å²) in [6.07, 6.45) is 0. The minimum Gasteiger partial charge on any atom is -0.456 e. The van der Waals surface area contributed by atoms with Gasteiger partial charge in [-0.05, 0) is 70.3 Å². The SMILES string of the molecule is Bc1c(B)c(B)c(-c2cc(-c3cccc4oc5ccc(-c6ccc7c(c6)oc6cccc(-c8ccccc8)c67)cc5c34)nc(-c3c(B)c(B)c(B)c(B)c3B)n2)c(B)c1B. The molecule has 0 saturated heterocycles. The zero-order chi connectivity index (χ0) is 41.7. The molecule has 7 aromatic carbocycles. The van der Waals surface area contributed by atoms with Gasteiger partial charge in [0, 0.05) is 32.7 Å². The van der Waals surface area contributed by atoms with Gasteiger partial charge in [0.25, 0.3) is 0 Å². The molecule has 14 heteroatoms. The van der Waals surface area contributed by atoms with Gasteiger partial charge in [0.2, 0.25) is 0 Å². The van der Waals surface area contributed by atoms with Crippen LogP contribution in [0.15, 0.2) is 118 Å². The van der Waals surface area contributed by atoms with Crippen LogP contribution in [0.3, 0.4) is 0 Å². The average molecular weight is 759 g/mol. The molecule has 60 heavy (non-hydrogen) atoms. The second-order valence-corrected chi connectivity index (χ2v) is 16.8. The summed E-state index contributed by atoms with van der Waals surface area (Å²) >= 11 is 0. The molecule has 0 aliphatic rings. The van der Waals surface area contributed by atoms with Crippen LogP contribution in [0.5, 0.6) is 0 Å². The Hall–Kier alpha value is -6.13. The topological polar surface area (TPSA) is 52.1 Å². The monoisotopic (exact) mass is 760 g/mol. The standard InChI is InChI=1S/C46H38B10N2O2/c47-36-34(37(48)41(52)44(55)40(36)51)27-18-26(57-46(58-27)35-38(49)42(53)45(56)43(54)39(35)50)23-9-5-11-30-33(23)25-16-20(13-15-28(25)59-30)21-12-14-24-31(17-21)60-29-10-4-8-22(32(24)29)19-6-2-1-3-7-19/h1-18H,47-56H2. The lowest BCUT2D eigenvalue weighted by Gasteiger charge is -2.22. The van der Waals surface area contributed by atoms with Crippen molar-refractivity contribution in [1.82, 2.24) is 9.97 Å². The highest BCUT2D eigenvalue weighted by atomic mass is 16.3. The summed E-state index contributed by atoms with van der Waals surface area (Å²) in [5.74, 6) is 0.749. The molecule has 3 aromatic heterocycles. The van der Waals surface area contributed by atoms with Crippen molar-refractivity contribution in [3.8, 4) is 56.2 Å². The fourth-order valence-corrected chi connectivity index (χ4v) is 9.63. The predicted octanol–water partition coefficient (Wildman–Crippen LogP) is -4.81. The molecule has 274 valence electrons. The van der Waals surface area contributed by atoms with Crippen molar-refractivity contribution < 1.29 is 8.83 Å². The molecule has 3 heterocycles. The normalized spacial score (nSPS) is 11.7. The number of furan rings is 2. The largest absolute Gasteiger partial charge is 0.456 e. The van der Waals surface area contributed by atoms with Gasteiger partial charge in [-0.25, -0.2) is 9.97 Å². The van der Waals surface area contributed by atoms with Crippen molar-refractivity contribution in [2.75, 3.05) is 0 Å². The van der Waals surface area contributed by atoms with Crippen LogP contribution in [-0.2, 0) is 0 Å². The molecule has 0 N–H and O–H groups in total. The smallest absolute Gasteiger partial charge is 0.159 e. The van der Waals surface area contributed by atoms with Crippen molar-refractivity contribution >= 4 is 177 Å². The van der Waals surface area contributed by atoms with E-state index in [2.05, 4.69) is 188 Å². The molecule has 0 saturated carbocycles. The van der Waals surface area contributed by atoms with Crippen LogP contribution in [0, 0.1) is 0 Å². The van der Waals surface area contributed by atoms with E-state index in [-0.39, 0.29) is 0 Å². The van der Waals surface area contributed by atoms with Gasteiger partial charge in [-0.1, -0.05) is 88.6 Å². The fourth-order valence-electron chi connectivity index (χ4n) is 9.63. The van der Waals surface area contributed by atoms with Crippen LogP contribution in [-0.4, -0.2) is 88.4 Å². The number of rotatable bonds is 5. The maximum atomic E-state index is 6.60. The lowest BCUT2D eigenvalue weighted by atomic mass is 9.60. The van der Waals surface area contributed by atoms with E-state index in [0.717, 1.165) is 83.3 Å². The molecular formula is C46H38B10N2O2. The summed E-state index contributed by atoms with van der Waals surface area (Å²) in [6, 6.07) is 38.4. The predicted molar refractivity (Wildman–Crippen MR) is 286 cm³/mol. The molecule has 0 aliphatic heterocycles. The number of hydrogen-bond donors (Lipinski definition) is 0. The number of hydrogen-bond acceptors (Lipinski definition) is 4. The Morgan fingerprint density at radius 3 is 1.50 bits per heavy atom. The van der Waals surface area contributed by atoms with Gasteiger partial charge in [-0.3, -0.25) is 0 Å². The molecule has 0 radical (unpaired) electrons. The Bertz CT molecular complexity index is 3310. The maximum absolute atomic E-state index is 6.60. The molecular weight excluding hydrogens is 721 g/mol. The minimum atomic E-state index is 0.749. The van der Waals surface area contributed by atoms with Crippen molar-refractivity contribution in [3.63, 3.8) is 0 Å². The van der Waals surface area contributed by atoms with Gasteiger partial charge in [-0.2, -0.15) is 0 Å². The highest BCUT2D eigenvalue weighted by Crippen LogP contribution is 2.41. The zero-order valence-electron chi connectivity index (χ0n) is 36.1. The first-order valence-electron chi connectivity index (χ1n) is 20.9. The first kappa shape index (κ1) is 38.1. The number of nitrogens with zero attached hydrogens (tertiary/aromatic N) is 2. The summed E-state index contributed by atoms with van der Waals surface area (Å²) in [5, 5.41) is 4.32. The second kappa shape index (κ2) is 14.3. The summed E-state index contributed by atoms with van der Waals surface area (Å²) in [4.78, 5) is 11.0. The van der Waals surface area contributed by atoms with Gasteiger partial charge in [0.05, 0.1) is 11.4 Å². The number of aromatic nitrogens is 2. The third-order valence-electron chi connectivity index (χ3n) is 13.9. The highest BCUT2D eigenvalue weighted by molar-refractivity contribution is 6.70. The van der Waals surface area contributed by atoms with Gasteiger partial charge in [0.15, 0.2) is 5.82 Å². The lowest BCUT2D eigenvalue weighted by Crippen LogP contribution is -2.55. The average Bonchev–Trinajstić information content (AvgIpc) is 3.84. The Balaban J connectivity index is 1.19. The summed E-state index contributed by atoms with van der Waals surface area (Å²) < 4.78 is 13.1. The molecule has 0 spiro atoms. The second-order valence-electron chi connectivity index (χ2n) is 16.8. The molecule has 0 amide bonds. The van der Waals surface area contributed by atoms with Crippen molar-refractivity contribution in [2.24, 2.45) is 0 Å². The van der Waals surface area contributed by atoms with Crippen LogP contribution in [0.4, 0.5) is 0 Å². The van der Waals surface area contributed by atoms with Crippen LogP contribution < -0.4 is 54.6 Å². The molecule has 4 nitrogen and oxygen atoms in total. The molecule has 0 fully saturated rings. The molecule has 0 aliphatic carbocycles. The van der Waals surface area contributed by atoms with Gasteiger partial charge >= 0.3 is 0 Å². The van der Waals surface area contributed by atoms with E-state index in [4.69, 9.17) is 18.8 Å². The Morgan fingerprint density at radius 1 is 0.333 bits per heavy atom.